The minimum Gasteiger partial charge on any atom is -0.497 e. The van der Waals surface area contributed by atoms with Gasteiger partial charge in [-0.15, -0.1) is 17.0 Å². The number of nitrogens with zero attached hydrogens (tertiary/aromatic N) is 1. The molecule has 1 saturated heterocycles. The number of benzene rings is 2. The van der Waals surface area contributed by atoms with E-state index in [2.05, 4.69) is 54.3 Å². The first kappa shape index (κ1) is 19.4. The highest BCUT2D eigenvalue weighted by atomic mass is 79.9. The molecule has 1 fully saturated rings. The van der Waals surface area contributed by atoms with Gasteiger partial charge >= 0.3 is 0 Å². The number of hydrogen-bond donors (Lipinski definition) is 1. The van der Waals surface area contributed by atoms with Crippen LogP contribution < -0.4 is 4.74 Å². The summed E-state index contributed by atoms with van der Waals surface area (Å²) < 4.78 is 5.41. The fraction of sp³-hybridized carbons (Fsp3) is 0.455. The molecule has 1 aliphatic heterocycles. The molecule has 0 radical (unpaired) electrons. The Bertz CT molecular complexity index is 751. The molecule has 3 atom stereocenters. The number of rotatable bonds is 4. The van der Waals surface area contributed by atoms with E-state index in [1.807, 2.05) is 6.07 Å². The van der Waals surface area contributed by atoms with Crippen LogP contribution in [0.3, 0.4) is 0 Å². The monoisotopic (exact) mass is 417 g/mol. The minimum atomic E-state index is -0.323. The summed E-state index contributed by atoms with van der Waals surface area (Å²) in [5, 5.41) is 11.1. The molecule has 4 rings (SSSR count). The molecule has 1 N–H and O–H groups in total. The molecule has 3 unspecified atom stereocenters. The van der Waals surface area contributed by atoms with Crippen molar-refractivity contribution in [2.45, 2.75) is 43.7 Å². The lowest BCUT2D eigenvalue weighted by atomic mass is 9.63. The second-order valence-electron chi connectivity index (χ2n) is 7.68. The summed E-state index contributed by atoms with van der Waals surface area (Å²) in [6, 6.07) is 17.2. The Kier molecular flexibility index (Phi) is 5.75. The van der Waals surface area contributed by atoms with Crippen molar-refractivity contribution in [1.29, 1.82) is 0 Å². The highest BCUT2D eigenvalue weighted by Crippen LogP contribution is 2.45. The van der Waals surface area contributed by atoms with Crippen LogP contribution in [0.1, 0.15) is 30.0 Å². The summed E-state index contributed by atoms with van der Waals surface area (Å²) in [6.45, 7) is 4.27. The number of piperidine rings is 1. The number of ether oxygens (including phenoxy) is 1. The number of aliphatic hydroxyl groups excluding tert-OH is 1. The summed E-state index contributed by atoms with van der Waals surface area (Å²) in [5.41, 5.74) is 3.84. The zero-order chi connectivity index (χ0) is 17.4. The standard InChI is InChI=1S/C22H27NO2.BrH/c1-22-11-13-23(12-10-16-6-4-3-5-7-16)20(21(22)24)14-17-8-9-18(25-2)15-19(17)22;/h3-9,15,20-21,24H,10-14H2,1-2H3;1H. The van der Waals surface area contributed by atoms with Crippen molar-refractivity contribution < 1.29 is 9.84 Å². The normalized spacial score (nSPS) is 27.3. The Hall–Kier alpha value is -1.36. The number of likely N-dealkylation sites (tertiary alicyclic amines) is 1. The van der Waals surface area contributed by atoms with E-state index in [9.17, 15) is 5.11 Å². The molecule has 0 saturated carbocycles. The first-order chi connectivity index (χ1) is 12.1. The molecule has 0 amide bonds. The van der Waals surface area contributed by atoms with Gasteiger partial charge in [0.05, 0.1) is 13.2 Å². The van der Waals surface area contributed by atoms with Crippen LogP contribution in [0.2, 0.25) is 0 Å². The largest absolute Gasteiger partial charge is 0.497 e. The molecule has 140 valence electrons. The average Bonchev–Trinajstić information content (AvgIpc) is 2.64. The van der Waals surface area contributed by atoms with Crippen molar-refractivity contribution >= 4 is 17.0 Å². The van der Waals surface area contributed by atoms with Gasteiger partial charge < -0.3 is 9.84 Å². The molecule has 2 bridgehead atoms. The van der Waals surface area contributed by atoms with Crippen LogP contribution in [0.15, 0.2) is 48.5 Å². The maximum absolute atomic E-state index is 11.1. The molecule has 2 aromatic rings. The van der Waals surface area contributed by atoms with E-state index in [0.29, 0.717) is 0 Å². The van der Waals surface area contributed by atoms with Gasteiger partial charge in [0.15, 0.2) is 0 Å². The van der Waals surface area contributed by atoms with E-state index >= 15 is 0 Å². The average molecular weight is 418 g/mol. The maximum Gasteiger partial charge on any atom is 0.119 e. The van der Waals surface area contributed by atoms with Crippen LogP contribution in [0.25, 0.3) is 0 Å². The predicted octanol–water partition coefficient (Wildman–Crippen LogP) is 3.76. The number of halogens is 1. The second-order valence-corrected chi connectivity index (χ2v) is 7.68. The maximum atomic E-state index is 11.1. The Morgan fingerprint density at radius 2 is 1.96 bits per heavy atom. The number of methoxy groups -OCH3 is 1. The summed E-state index contributed by atoms with van der Waals surface area (Å²) >= 11 is 0. The summed E-state index contributed by atoms with van der Waals surface area (Å²) in [7, 11) is 1.71. The van der Waals surface area contributed by atoms with Gasteiger partial charge in [-0.1, -0.05) is 43.3 Å². The third-order valence-corrected chi connectivity index (χ3v) is 6.30. The number of hydrogen-bond acceptors (Lipinski definition) is 3. The highest BCUT2D eigenvalue weighted by molar-refractivity contribution is 8.93. The molecule has 0 spiro atoms. The Balaban J connectivity index is 0.00000196. The van der Waals surface area contributed by atoms with E-state index in [-0.39, 0.29) is 34.5 Å². The van der Waals surface area contributed by atoms with Crippen LogP contribution in [0.4, 0.5) is 0 Å². The van der Waals surface area contributed by atoms with E-state index < -0.39 is 0 Å². The first-order valence-corrected chi connectivity index (χ1v) is 9.25. The lowest BCUT2D eigenvalue weighted by Gasteiger charge is -2.53. The molecule has 26 heavy (non-hydrogen) atoms. The Labute approximate surface area is 166 Å². The first-order valence-electron chi connectivity index (χ1n) is 9.25. The van der Waals surface area contributed by atoms with Gasteiger partial charge in [-0.05, 0) is 54.6 Å². The van der Waals surface area contributed by atoms with Crippen LogP contribution in [0.5, 0.6) is 5.75 Å². The molecule has 2 aromatic carbocycles. The van der Waals surface area contributed by atoms with Crippen molar-refractivity contribution in [1.82, 2.24) is 4.90 Å². The smallest absolute Gasteiger partial charge is 0.119 e. The van der Waals surface area contributed by atoms with Crippen molar-refractivity contribution in [3.63, 3.8) is 0 Å². The van der Waals surface area contributed by atoms with Gasteiger partial charge in [-0.2, -0.15) is 0 Å². The van der Waals surface area contributed by atoms with Crippen molar-refractivity contribution in [3.8, 4) is 5.75 Å². The molecule has 1 aliphatic carbocycles. The van der Waals surface area contributed by atoms with Gasteiger partial charge in [0, 0.05) is 18.0 Å². The zero-order valence-corrected chi connectivity index (χ0v) is 17.2. The SMILES string of the molecule is Br.COc1ccc2c(c1)C1(C)CCN(CCc3ccccc3)C(C2)C1O. The molecule has 0 aromatic heterocycles. The van der Waals surface area contributed by atoms with Crippen LogP contribution in [0, 0.1) is 0 Å². The van der Waals surface area contributed by atoms with Crippen molar-refractivity contribution in [2.24, 2.45) is 0 Å². The summed E-state index contributed by atoms with van der Waals surface area (Å²) in [6.07, 6.45) is 2.62. The molecule has 2 aliphatic rings. The quantitative estimate of drug-likeness (QED) is 0.821. The van der Waals surface area contributed by atoms with Gasteiger partial charge in [0.2, 0.25) is 0 Å². The summed E-state index contributed by atoms with van der Waals surface area (Å²) in [4.78, 5) is 2.49. The fourth-order valence-electron chi connectivity index (χ4n) is 4.66. The van der Waals surface area contributed by atoms with Crippen LogP contribution in [-0.4, -0.2) is 42.4 Å². The number of fused-ring (bicyclic) bond motifs is 4. The highest BCUT2D eigenvalue weighted by Gasteiger charge is 2.49. The number of aliphatic hydroxyl groups is 1. The van der Waals surface area contributed by atoms with E-state index in [1.54, 1.807) is 7.11 Å². The van der Waals surface area contributed by atoms with Crippen LogP contribution >= 0.6 is 17.0 Å². The van der Waals surface area contributed by atoms with E-state index in [0.717, 1.165) is 38.1 Å². The fourth-order valence-corrected chi connectivity index (χ4v) is 4.66. The van der Waals surface area contributed by atoms with Gasteiger partial charge in [-0.3, -0.25) is 4.90 Å². The minimum absolute atomic E-state index is 0. The third kappa shape index (κ3) is 3.30. The predicted molar refractivity (Wildman–Crippen MR) is 111 cm³/mol. The van der Waals surface area contributed by atoms with Gasteiger partial charge in [-0.25, -0.2) is 0 Å². The van der Waals surface area contributed by atoms with Gasteiger partial charge in [0.1, 0.15) is 5.75 Å². The lowest BCUT2D eigenvalue weighted by Crippen LogP contribution is -2.62. The van der Waals surface area contributed by atoms with Crippen LogP contribution in [-0.2, 0) is 18.3 Å². The van der Waals surface area contributed by atoms with Crippen molar-refractivity contribution in [2.75, 3.05) is 20.2 Å². The topological polar surface area (TPSA) is 32.7 Å². The molecule has 1 heterocycles. The third-order valence-electron chi connectivity index (χ3n) is 6.30. The zero-order valence-electron chi connectivity index (χ0n) is 15.5. The molecular formula is C22H28BrNO2. The molecule has 3 nitrogen and oxygen atoms in total. The van der Waals surface area contributed by atoms with Gasteiger partial charge in [0.25, 0.3) is 0 Å². The lowest BCUT2D eigenvalue weighted by molar-refractivity contribution is -0.0505. The van der Waals surface area contributed by atoms with Crippen molar-refractivity contribution in [3.05, 3.63) is 65.2 Å². The van der Waals surface area contributed by atoms with E-state index in [4.69, 9.17) is 4.74 Å². The Morgan fingerprint density at radius 1 is 1.19 bits per heavy atom. The van der Waals surface area contributed by atoms with E-state index in [1.165, 1.54) is 16.7 Å². The summed E-state index contributed by atoms with van der Waals surface area (Å²) in [5.74, 6) is 0.886. The second kappa shape index (κ2) is 7.71. The Morgan fingerprint density at radius 3 is 2.69 bits per heavy atom. The molecule has 4 heteroatoms. The molecular weight excluding hydrogens is 390 g/mol.